The summed E-state index contributed by atoms with van der Waals surface area (Å²) in [6, 6.07) is 22.9. The van der Waals surface area contributed by atoms with E-state index in [1.54, 1.807) is 6.92 Å². The zero-order valence-corrected chi connectivity index (χ0v) is 16.9. The second-order valence-corrected chi connectivity index (χ2v) is 7.27. The SMILES string of the molecule is Cc1ccc2c(c1)N(CC(=O)Nc1ccc(Nc3ccccc3)cc1)C(=O)C(C)O2. The molecule has 1 unspecified atom stereocenters. The highest BCUT2D eigenvalue weighted by Crippen LogP contribution is 2.34. The molecule has 1 aliphatic heterocycles. The summed E-state index contributed by atoms with van der Waals surface area (Å²) in [7, 11) is 0. The van der Waals surface area contributed by atoms with Crippen molar-refractivity contribution in [1.82, 2.24) is 0 Å². The quantitative estimate of drug-likeness (QED) is 0.661. The van der Waals surface area contributed by atoms with Gasteiger partial charge < -0.3 is 15.4 Å². The first-order chi connectivity index (χ1) is 14.5. The van der Waals surface area contributed by atoms with Crippen LogP contribution in [0.3, 0.4) is 0 Å². The number of benzene rings is 3. The fourth-order valence-electron chi connectivity index (χ4n) is 3.35. The van der Waals surface area contributed by atoms with Crippen molar-refractivity contribution in [3.63, 3.8) is 0 Å². The van der Waals surface area contributed by atoms with Gasteiger partial charge in [0.1, 0.15) is 12.3 Å². The number of carbonyl (C=O) groups excluding carboxylic acids is 2. The fraction of sp³-hybridized carbons (Fsp3) is 0.167. The maximum absolute atomic E-state index is 12.6. The first kappa shape index (κ1) is 19.5. The Morgan fingerprint density at radius 2 is 1.63 bits per heavy atom. The number of fused-ring (bicyclic) bond motifs is 1. The zero-order chi connectivity index (χ0) is 21.1. The highest BCUT2D eigenvalue weighted by Gasteiger charge is 2.32. The molecule has 2 N–H and O–H groups in total. The molecule has 0 aliphatic carbocycles. The topological polar surface area (TPSA) is 70.7 Å². The van der Waals surface area contributed by atoms with E-state index in [0.29, 0.717) is 17.1 Å². The number of aryl methyl sites for hydroxylation is 1. The summed E-state index contributed by atoms with van der Waals surface area (Å²) >= 11 is 0. The summed E-state index contributed by atoms with van der Waals surface area (Å²) < 4.78 is 5.66. The molecule has 0 aromatic heterocycles. The monoisotopic (exact) mass is 401 g/mol. The Hall–Kier alpha value is -3.80. The van der Waals surface area contributed by atoms with E-state index in [2.05, 4.69) is 10.6 Å². The van der Waals surface area contributed by atoms with E-state index in [-0.39, 0.29) is 18.4 Å². The molecule has 30 heavy (non-hydrogen) atoms. The smallest absolute Gasteiger partial charge is 0.268 e. The number of ether oxygens (including phenoxy) is 1. The number of hydrogen-bond donors (Lipinski definition) is 2. The molecule has 1 aliphatic rings. The van der Waals surface area contributed by atoms with Crippen molar-refractivity contribution < 1.29 is 14.3 Å². The van der Waals surface area contributed by atoms with Gasteiger partial charge in [0.2, 0.25) is 5.91 Å². The minimum Gasteiger partial charge on any atom is -0.479 e. The van der Waals surface area contributed by atoms with E-state index in [1.807, 2.05) is 79.7 Å². The molecule has 3 aromatic rings. The van der Waals surface area contributed by atoms with Crippen LogP contribution in [-0.2, 0) is 9.59 Å². The van der Waals surface area contributed by atoms with E-state index in [4.69, 9.17) is 4.74 Å². The van der Waals surface area contributed by atoms with E-state index >= 15 is 0 Å². The number of hydrogen-bond acceptors (Lipinski definition) is 4. The Bertz CT molecular complexity index is 1060. The largest absolute Gasteiger partial charge is 0.479 e. The maximum Gasteiger partial charge on any atom is 0.268 e. The third-order valence-corrected chi connectivity index (χ3v) is 4.86. The number of carbonyl (C=O) groups is 2. The van der Waals surface area contributed by atoms with Crippen LogP contribution in [0.2, 0.25) is 0 Å². The lowest BCUT2D eigenvalue weighted by Crippen LogP contribution is -2.47. The van der Waals surface area contributed by atoms with Crippen molar-refractivity contribution in [2.24, 2.45) is 0 Å². The molecule has 3 aromatic carbocycles. The first-order valence-corrected chi connectivity index (χ1v) is 9.80. The zero-order valence-electron chi connectivity index (χ0n) is 16.9. The molecule has 6 heteroatoms. The molecule has 0 radical (unpaired) electrons. The van der Waals surface area contributed by atoms with Crippen LogP contribution < -0.4 is 20.3 Å². The molecule has 2 amide bonds. The van der Waals surface area contributed by atoms with Gasteiger partial charge in [-0.25, -0.2) is 0 Å². The summed E-state index contributed by atoms with van der Waals surface area (Å²) in [4.78, 5) is 26.7. The standard InChI is InChI=1S/C24H23N3O3/c1-16-8-13-22-21(14-16)27(24(29)17(2)30-22)15-23(28)26-20-11-9-19(10-12-20)25-18-6-4-3-5-7-18/h3-14,17,25H,15H2,1-2H3,(H,26,28). The lowest BCUT2D eigenvalue weighted by Gasteiger charge is -2.32. The minimum absolute atomic E-state index is 0.0764. The predicted octanol–water partition coefficient (Wildman–Crippen LogP) is 4.49. The molecule has 0 bridgehead atoms. The number of rotatable bonds is 5. The van der Waals surface area contributed by atoms with Gasteiger partial charge in [0.05, 0.1) is 5.69 Å². The number of nitrogens with zero attached hydrogens (tertiary/aromatic N) is 1. The summed E-state index contributed by atoms with van der Waals surface area (Å²) in [6.45, 7) is 3.55. The Kier molecular flexibility index (Phi) is 5.39. The third kappa shape index (κ3) is 4.27. The van der Waals surface area contributed by atoms with E-state index in [1.165, 1.54) is 4.90 Å². The average Bonchev–Trinajstić information content (AvgIpc) is 2.74. The summed E-state index contributed by atoms with van der Waals surface area (Å²) in [5.41, 5.74) is 4.18. The highest BCUT2D eigenvalue weighted by molar-refractivity contribution is 6.06. The van der Waals surface area contributed by atoms with Crippen LogP contribution >= 0.6 is 0 Å². The normalized spacial score (nSPS) is 15.2. The van der Waals surface area contributed by atoms with Crippen LogP contribution in [0.25, 0.3) is 0 Å². The Morgan fingerprint density at radius 3 is 2.37 bits per heavy atom. The Labute approximate surface area is 175 Å². The Morgan fingerprint density at radius 1 is 0.967 bits per heavy atom. The third-order valence-electron chi connectivity index (χ3n) is 4.86. The highest BCUT2D eigenvalue weighted by atomic mass is 16.5. The first-order valence-electron chi connectivity index (χ1n) is 9.80. The molecular formula is C24H23N3O3. The van der Waals surface area contributed by atoms with Gasteiger partial charge in [-0.2, -0.15) is 0 Å². The lowest BCUT2D eigenvalue weighted by molar-refractivity contribution is -0.127. The maximum atomic E-state index is 12.6. The fourth-order valence-corrected chi connectivity index (χ4v) is 3.35. The number of amides is 2. The van der Waals surface area contributed by atoms with Crippen LogP contribution in [-0.4, -0.2) is 24.5 Å². The van der Waals surface area contributed by atoms with Crippen molar-refractivity contribution in [2.75, 3.05) is 22.1 Å². The van der Waals surface area contributed by atoms with E-state index in [0.717, 1.165) is 16.9 Å². The molecule has 0 spiro atoms. The van der Waals surface area contributed by atoms with Gasteiger partial charge in [0.25, 0.3) is 5.91 Å². The van der Waals surface area contributed by atoms with Gasteiger partial charge in [-0.1, -0.05) is 24.3 Å². The van der Waals surface area contributed by atoms with Crippen molar-refractivity contribution >= 4 is 34.6 Å². The van der Waals surface area contributed by atoms with Crippen LogP contribution in [0.4, 0.5) is 22.7 Å². The van der Waals surface area contributed by atoms with Gasteiger partial charge >= 0.3 is 0 Å². The van der Waals surface area contributed by atoms with Crippen molar-refractivity contribution in [1.29, 1.82) is 0 Å². The molecule has 0 fully saturated rings. The van der Waals surface area contributed by atoms with Gasteiger partial charge in [0.15, 0.2) is 6.10 Å². The van der Waals surface area contributed by atoms with Crippen molar-refractivity contribution in [2.45, 2.75) is 20.0 Å². The van der Waals surface area contributed by atoms with Crippen LogP contribution in [0.5, 0.6) is 5.75 Å². The van der Waals surface area contributed by atoms with Crippen LogP contribution in [0.1, 0.15) is 12.5 Å². The molecule has 0 saturated heterocycles. The van der Waals surface area contributed by atoms with Gasteiger partial charge in [-0.05, 0) is 67.9 Å². The lowest BCUT2D eigenvalue weighted by atomic mass is 10.1. The van der Waals surface area contributed by atoms with Crippen molar-refractivity contribution in [3.8, 4) is 5.75 Å². The molecule has 1 atom stereocenters. The Balaban J connectivity index is 1.43. The summed E-state index contributed by atoms with van der Waals surface area (Å²) in [5.74, 6) is 0.108. The van der Waals surface area contributed by atoms with E-state index < -0.39 is 6.10 Å². The molecule has 0 saturated carbocycles. The van der Waals surface area contributed by atoms with Gasteiger partial charge in [-0.15, -0.1) is 0 Å². The second-order valence-electron chi connectivity index (χ2n) is 7.27. The average molecular weight is 401 g/mol. The van der Waals surface area contributed by atoms with Gasteiger partial charge in [0, 0.05) is 17.1 Å². The van der Waals surface area contributed by atoms with E-state index in [9.17, 15) is 9.59 Å². The van der Waals surface area contributed by atoms with Crippen molar-refractivity contribution in [3.05, 3.63) is 78.4 Å². The minimum atomic E-state index is -0.628. The summed E-state index contributed by atoms with van der Waals surface area (Å²) in [6.07, 6.45) is -0.628. The van der Waals surface area contributed by atoms with Crippen LogP contribution in [0.15, 0.2) is 72.8 Å². The molecular weight excluding hydrogens is 378 g/mol. The number of nitrogens with one attached hydrogen (secondary N) is 2. The predicted molar refractivity (Wildman–Crippen MR) is 118 cm³/mol. The molecule has 4 rings (SSSR count). The summed E-state index contributed by atoms with van der Waals surface area (Å²) in [5, 5.41) is 6.16. The molecule has 1 heterocycles. The van der Waals surface area contributed by atoms with Crippen LogP contribution in [0, 0.1) is 6.92 Å². The van der Waals surface area contributed by atoms with Gasteiger partial charge in [-0.3, -0.25) is 14.5 Å². The molecule has 152 valence electrons. The number of anilines is 4. The second kappa shape index (κ2) is 8.29. The number of para-hydroxylation sites is 1. The molecule has 6 nitrogen and oxygen atoms in total.